The Morgan fingerprint density at radius 1 is 0.225 bits per heavy atom. The second kappa shape index (κ2) is 18.5. The normalized spacial score (nSPS) is 12.2. The molecule has 0 spiro atoms. The predicted molar refractivity (Wildman–Crippen MR) is 301 cm³/mol. The third-order valence-corrected chi connectivity index (χ3v) is 14.2. The Kier molecular flexibility index (Phi) is 11.3. The van der Waals surface area contributed by atoms with Gasteiger partial charge in [0.1, 0.15) is 0 Å². The van der Waals surface area contributed by atoms with Gasteiger partial charge < -0.3 is 9.80 Å². The van der Waals surface area contributed by atoms with E-state index in [1.165, 1.54) is 66.8 Å². The number of nitrogens with zero attached hydrogens (tertiary/aromatic N) is 2. The first-order valence-electron chi connectivity index (χ1n) is 24.6. The fourth-order valence-corrected chi connectivity index (χ4v) is 10.7. The number of anilines is 6. The molecule has 11 aromatic carbocycles. The lowest BCUT2D eigenvalue weighted by atomic mass is 9.82. The quantitative estimate of drug-likeness (QED) is 0.128. The molecule has 1 aliphatic rings. The van der Waals surface area contributed by atoms with E-state index < -0.39 is 0 Å². The Bertz CT molecular complexity index is 3530. The highest BCUT2D eigenvalue weighted by atomic mass is 15.2. The van der Waals surface area contributed by atoms with Gasteiger partial charge in [-0.3, -0.25) is 0 Å². The molecule has 0 N–H and O–H groups in total. The summed E-state index contributed by atoms with van der Waals surface area (Å²) in [6, 6.07) is 102. The molecule has 0 unspecified atom stereocenters. The zero-order chi connectivity index (χ0) is 47.7. The topological polar surface area (TPSA) is 6.48 Å². The molecule has 0 fully saturated rings. The van der Waals surface area contributed by atoms with Crippen LogP contribution < -0.4 is 9.80 Å². The van der Waals surface area contributed by atoms with Gasteiger partial charge in [-0.25, -0.2) is 0 Å². The molecule has 0 amide bonds. The second-order valence-electron chi connectivity index (χ2n) is 18.9. The molecule has 1 aliphatic carbocycles. The van der Waals surface area contributed by atoms with Crippen molar-refractivity contribution in [3.63, 3.8) is 0 Å². The molecular formula is C69H52N2. The van der Waals surface area contributed by atoms with Crippen molar-refractivity contribution in [2.24, 2.45) is 0 Å². The second-order valence-corrected chi connectivity index (χ2v) is 18.9. The summed E-state index contributed by atoms with van der Waals surface area (Å²) in [6.45, 7) is 4.73. The Balaban J connectivity index is 1.06. The van der Waals surface area contributed by atoms with Gasteiger partial charge in [-0.1, -0.05) is 226 Å². The lowest BCUT2D eigenvalue weighted by molar-refractivity contribution is 0.660. The maximum atomic E-state index is 2.45. The largest absolute Gasteiger partial charge is 0.310 e. The Labute approximate surface area is 418 Å². The molecule has 2 heteroatoms. The van der Waals surface area contributed by atoms with Gasteiger partial charge in [0, 0.05) is 39.5 Å². The maximum absolute atomic E-state index is 2.45. The number of para-hydroxylation sites is 2. The highest BCUT2D eigenvalue weighted by molar-refractivity contribution is 5.96. The minimum Gasteiger partial charge on any atom is -0.310 e. The van der Waals surface area contributed by atoms with E-state index in [-0.39, 0.29) is 5.41 Å². The summed E-state index contributed by atoms with van der Waals surface area (Å²) >= 11 is 0. The van der Waals surface area contributed by atoms with Crippen LogP contribution in [0.25, 0.3) is 66.8 Å². The van der Waals surface area contributed by atoms with Crippen LogP contribution in [0.15, 0.2) is 279 Å². The Morgan fingerprint density at radius 3 is 1.17 bits per heavy atom. The molecule has 71 heavy (non-hydrogen) atoms. The zero-order valence-corrected chi connectivity index (χ0v) is 40.0. The summed E-state index contributed by atoms with van der Waals surface area (Å²) in [7, 11) is 0. The van der Waals surface area contributed by atoms with Crippen LogP contribution in [0, 0.1) is 0 Å². The van der Waals surface area contributed by atoms with E-state index in [2.05, 4.69) is 303 Å². The molecule has 2 nitrogen and oxygen atoms in total. The first-order valence-corrected chi connectivity index (χ1v) is 24.6. The summed E-state index contributed by atoms with van der Waals surface area (Å²) < 4.78 is 0. The average molecular weight is 909 g/mol. The van der Waals surface area contributed by atoms with Gasteiger partial charge in [0.15, 0.2) is 0 Å². The summed E-state index contributed by atoms with van der Waals surface area (Å²) in [5, 5.41) is 0. The van der Waals surface area contributed by atoms with Crippen LogP contribution in [0.2, 0.25) is 0 Å². The van der Waals surface area contributed by atoms with Gasteiger partial charge in [0.2, 0.25) is 0 Å². The fourth-order valence-electron chi connectivity index (χ4n) is 10.7. The van der Waals surface area contributed by atoms with Gasteiger partial charge in [-0.15, -0.1) is 0 Å². The standard InChI is InChI=1S/C69H52N2/c1-69(2)66-34-19-18-31-64(66)65-44-43-59(48-67(65)69)71(58-41-39-50(40-42-58)49-21-8-3-9-22-49)61-46-55(45-60(47-61)70(56-27-14-6-15-28-56)57-29-16-7-17-30-57)51-35-37-54(38-36-51)68-62(52-23-10-4-11-24-52)32-20-33-63(68)53-25-12-5-13-26-53/h3-48H,1-2H3. The van der Waals surface area contributed by atoms with Crippen molar-refractivity contribution in [3.8, 4) is 66.8 Å². The summed E-state index contributed by atoms with van der Waals surface area (Å²) in [6.07, 6.45) is 0. The molecule has 12 rings (SSSR count). The molecule has 338 valence electrons. The first kappa shape index (κ1) is 43.3. The molecule has 0 aliphatic heterocycles. The van der Waals surface area contributed by atoms with Crippen LogP contribution >= 0.6 is 0 Å². The molecular weight excluding hydrogens is 857 g/mol. The number of hydrogen-bond donors (Lipinski definition) is 0. The van der Waals surface area contributed by atoms with E-state index in [1.54, 1.807) is 0 Å². The van der Waals surface area contributed by atoms with Crippen LogP contribution in [-0.4, -0.2) is 0 Å². The molecule has 0 atom stereocenters. The Morgan fingerprint density at radius 2 is 0.606 bits per heavy atom. The molecule has 0 saturated heterocycles. The molecule has 0 aromatic heterocycles. The highest BCUT2D eigenvalue weighted by Crippen LogP contribution is 2.52. The highest BCUT2D eigenvalue weighted by Gasteiger charge is 2.36. The van der Waals surface area contributed by atoms with Gasteiger partial charge in [0.05, 0.1) is 0 Å². The van der Waals surface area contributed by atoms with Crippen molar-refractivity contribution < 1.29 is 0 Å². The van der Waals surface area contributed by atoms with E-state index in [9.17, 15) is 0 Å². The number of fused-ring (bicyclic) bond motifs is 3. The SMILES string of the molecule is CC1(C)c2ccccc2-c2ccc(N(c3ccc(-c4ccccc4)cc3)c3cc(-c4ccc(-c5c(-c6ccccc6)cccc5-c5ccccc5)cc4)cc(N(c4ccccc4)c4ccccc4)c3)cc21. The minimum absolute atomic E-state index is 0.170. The smallest absolute Gasteiger partial charge is 0.0488 e. The van der Waals surface area contributed by atoms with Crippen LogP contribution in [0.3, 0.4) is 0 Å². The van der Waals surface area contributed by atoms with Gasteiger partial charge in [-0.05, 0) is 145 Å². The first-order chi connectivity index (χ1) is 35.0. The summed E-state index contributed by atoms with van der Waals surface area (Å²) in [5.41, 5.74) is 23.4. The third kappa shape index (κ3) is 8.20. The molecule has 11 aromatic rings. The number of benzene rings is 11. The van der Waals surface area contributed by atoms with E-state index in [1.807, 2.05) is 0 Å². The molecule has 0 heterocycles. The number of rotatable bonds is 11. The van der Waals surface area contributed by atoms with Gasteiger partial charge >= 0.3 is 0 Å². The Hall–Kier alpha value is -8.98. The number of hydrogen-bond acceptors (Lipinski definition) is 2. The van der Waals surface area contributed by atoms with Crippen molar-refractivity contribution in [1.82, 2.24) is 0 Å². The van der Waals surface area contributed by atoms with Crippen LogP contribution in [0.1, 0.15) is 25.0 Å². The lowest BCUT2D eigenvalue weighted by Crippen LogP contribution is -2.17. The predicted octanol–water partition coefficient (Wildman–Crippen LogP) is 19.3. The minimum atomic E-state index is -0.170. The van der Waals surface area contributed by atoms with E-state index in [0.29, 0.717) is 0 Å². The summed E-state index contributed by atoms with van der Waals surface area (Å²) in [4.78, 5) is 4.83. The van der Waals surface area contributed by atoms with Crippen molar-refractivity contribution in [2.75, 3.05) is 9.80 Å². The molecule has 0 radical (unpaired) electrons. The van der Waals surface area contributed by atoms with Crippen molar-refractivity contribution >= 4 is 34.1 Å². The average Bonchev–Trinajstić information content (AvgIpc) is 3.67. The van der Waals surface area contributed by atoms with Crippen LogP contribution in [-0.2, 0) is 5.41 Å². The van der Waals surface area contributed by atoms with Gasteiger partial charge in [-0.2, -0.15) is 0 Å². The van der Waals surface area contributed by atoms with Crippen molar-refractivity contribution in [3.05, 3.63) is 290 Å². The van der Waals surface area contributed by atoms with E-state index in [0.717, 1.165) is 45.3 Å². The fraction of sp³-hybridized carbons (Fsp3) is 0.0435. The molecule has 0 saturated carbocycles. The molecule has 0 bridgehead atoms. The monoisotopic (exact) mass is 908 g/mol. The van der Waals surface area contributed by atoms with Gasteiger partial charge in [0.25, 0.3) is 0 Å². The van der Waals surface area contributed by atoms with Crippen LogP contribution in [0.5, 0.6) is 0 Å². The van der Waals surface area contributed by atoms with Crippen LogP contribution in [0.4, 0.5) is 34.1 Å². The summed E-state index contributed by atoms with van der Waals surface area (Å²) in [5.74, 6) is 0. The van der Waals surface area contributed by atoms with E-state index in [4.69, 9.17) is 0 Å². The maximum Gasteiger partial charge on any atom is 0.0488 e. The van der Waals surface area contributed by atoms with Crippen molar-refractivity contribution in [1.29, 1.82) is 0 Å². The lowest BCUT2D eigenvalue weighted by Gasteiger charge is -2.31. The van der Waals surface area contributed by atoms with E-state index >= 15 is 0 Å². The third-order valence-electron chi connectivity index (χ3n) is 14.2. The van der Waals surface area contributed by atoms with Crippen molar-refractivity contribution in [2.45, 2.75) is 19.3 Å². The zero-order valence-electron chi connectivity index (χ0n) is 40.0.